The van der Waals surface area contributed by atoms with E-state index in [9.17, 15) is 4.79 Å². The number of amides is 1. The van der Waals surface area contributed by atoms with Crippen LogP contribution in [-0.4, -0.2) is 36.5 Å². The van der Waals surface area contributed by atoms with Crippen LogP contribution in [0.4, 0.5) is 0 Å². The Labute approximate surface area is 84.8 Å². The standard InChI is InChI=1S/C11H18N2O/c1-13-8-2-3-9(13)5-11(4-8)6-10(14)12-7-11/h8-9H,2-7H2,1H3,(H,12,14). The van der Waals surface area contributed by atoms with E-state index in [1.54, 1.807) is 0 Å². The Bertz CT molecular complexity index is 262. The summed E-state index contributed by atoms with van der Waals surface area (Å²) < 4.78 is 0. The van der Waals surface area contributed by atoms with E-state index in [0.29, 0.717) is 5.41 Å². The second kappa shape index (κ2) is 2.72. The molecule has 3 aliphatic rings. The fraction of sp³-hybridized carbons (Fsp3) is 0.909. The molecule has 0 aromatic heterocycles. The molecule has 3 rings (SSSR count). The fourth-order valence-corrected chi connectivity index (χ4v) is 3.71. The molecule has 3 heterocycles. The van der Waals surface area contributed by atoms with Gasteiger partial charge in [0.2, 0.25) is 5.91 Å². The van der Waals surface area contributed by atoms with E-state index in [2.05, 4.69) is 17.3 Å². The van der Waals surface area contributed by atoms with Gasteiger partial charge in [0.1, 0.15) is 0 Å². The zero-order chi connectivity index (χ0) is 9.76. The highest BCUT2D eigenvalue weighted by atomic mass is 16.1. The molecule has 0 aromatic rings. The van der Waals surface area contributed by atoms with Crippen molar-refractivity contribution in [1.82, 2.24) is 10.2 Å². The van der Waals surface area contributed by atoms with E-state index in [-0.39, 0.29) is 5.91 Å². The molecule has 1 spiro atoms. The summed E-state index contributed by atoms with van der Waals surface area (Å²) in [6, 6.07) is 1.50. The predicted octanol–water partition coefficient (Wildman–Crippen LogP) is 0.749. The maximum absolute atomic E-state index is 11.3. The van der Waals surface area contributed by atoms with Crippen molar-refractivity contribution in [2.75, 3.05) is 13.6 Å². The van der Waals surface area contributed by atoms with Crippen molar-refractivity contribution in [3.05, 3.63) is 0 Å². The zero-order valence-corrected chi connectivity index (χ0v) is 8.75. The summed E-state index contributed by atoms with van der Waals surface area (Å²) in [5.41, 5.74) is 0.329. The monoisotopic (exact) mass is 194 g/mol. The molecule has 0 aromatic carbocycles. The highest BCUT2D eigenvalue weighted by Gasteiger charge is 2.49. The first kappa shape index (κ1) is 8.72. The van der Waals surface area contributed by atoms with Crippen LogP contribution in [0.15, 0.2) is 0 Å². The third kappa shape index (κ3) is 1.11. The van der Waals surface area contributed by atoms with E-state index in [0.717, 1.165) is 25.0 Å². The van der Waals surface area contributed by atoms with Crippen molar-refractivity contribution in [2.24, 2.45) is 5.41 Å². The van der Waals surface area contributed by atoms with Gasteiger partial charge in [-0.25, -0.2) is 0 Å². The van der Waals surface area contributed by atoms with Crippen LogP contribution in [-0.2, 0) is 4.79 Å². The van der Waals surface area contributed by atoms with Crippen molar-refractivity contribution in [3.8, 4) is 0 Å². The molecular formula is C11H18N2O. The van der Waals surface area contributed by atoms with Gasteiger partial charge in [0, 0.05) is 25.0 Å². The second-order valence-corrected chi connectivity index (χ2v) is 5.41. The topological polar surface area (TPSA) is 32.3 Å². The normalized spacial score (nSPS) is 47.4. The maximum Gasteiger partial charge on any atom is 0.220 e. The predicted molar refractivity (Wildman–Crippen MR) is 53.9 cm³/mol. The Morgan fingerprint density at radius 2 is 2.00 bits per heavy atom. The first-order valence-electron chi connectivity index (χ1n) is 5.67. The third-order valence-corrected chi connectivity index (χ3v) is 4.52. The highest BCUT2D eigenvalue weighted by molar-refractivity contribution is 5.79. The molecule has 3 heteroatoms. The number of fused-ring (bicyclic) bond motifs is 2. The van der Waals surface area contributed by atoms with Crippen LogP contribution in [0.3, 0.4) is 0 Å². The lowest BCUT2D eigenvalue weighted by molar-refractivity contribution is -0.120. The molecule has 2 atom stereocenters. The van der Waals surface area contributed by atoms with Crippen LogP contribution in [0.2, 0.25) is 0 Å². The van der Waals surface area contributed by atoms with Gasteiger partial charge in [0.15, 0.2) is 0 Å². The molecular weight excluding hydrogens is 176 g/mol. The third-order valence-electron chi connectivity index (χ3n) is 4.52. The molecule has 1 amide bonds. The van der Waals surface area contributed by atoms with Gasteiger partial charge in [-0.15, -0.1) is 0 Å². The van der Waals surface area contributed by atoms with E-state index >= 15 is 0 Å². The summed E-state index contributed by atoms with van der Waals surface area (Å²) in [5.74, 6) is 0.272. The zero-order valence-electron chi connectivity index (χ0n) is 8.75. The average molecular weight is 194 g/mol. The lowest BCUT2D eigenvalue weighted by Gasteiger charge is -2.42. The van der Waals surface area contributed by atoms with Gasteiger partial charge in [0.25, 0.3) is 0 Å². The molecule has 14 heavy (non-hydrogen) atoms. The van der Waals surface area contributed by atoms with Gasteiger partial charge in [0.05, 0.1) is 0 Å². The van der Waals surface area contributed by atoms with E-state index < -0.39 is 0 Å². The van der Waals surface area contributed by atoms with Crippen LogP contribution in [0, 0.1) is 5.41 Å². The van der Waals surface area contributed by atoms with Gasteiger partial charge >= 0.3 is 0 Å². The molecule has 0 saturated carbocycles. The summed E-state index contributed by atoms with van der Waals surface area (Å²) >= 11 is 0. The Kier molecular flexibility index (Phi) is 1.69. The summed E-state index contributed by atoms with van der Waals surface area (Å²) in [7, 11) is 2.25. The van der Waals surface area contributed by atoms with Crippen molar-refractivity contribution >= 4 is 5.91 Å². The van der Waals surface area contributed by atoms with Gasteiger partial charge in [-0.2, -0.15) is 0 Å². The molecule has 78 valence electrons. The second-order valence-electron chi connectivity index (χ2n) is 5.41. The lowest BCUT2D eigenvalue weighted by atomic mass is 9.74. The van der Waals surface area contributed by atoms with Crippen molar-refractivity contribution < 1.29 is 4.79 Å². The number of nitrogens with zero attached hydrogens (tertiary/aromatic N) is 1. The number of carbonyl (C=O) groups is 1. The Balaban J connectivity index is 1.82. The lowest BCUT2D eigenvalue weighted by Crippen LogP contribution is -2.46. The Morgan fingerprint density at radius 1 is 1.36 bits per heavy atom. The molecule has 3 aliphatic heterocycles. The quantitative estimate of drug-likeness (QED) is 0.617. The number of nitrogens with one attached hydrogen (secondary N) is 1. The molecule has 2 bridgehead atoms. The summed E-state index contributed by atoms with van der Waals surface area (Å²) in [4.78, 5) is 13.8. The van der Waals surface area contributed by atoms with Gasteiger partial charge < -0.3 is 10.2 Å². The molecule has 2 unspecified atom stereocenters. The minimum Gasteiger partial charge on any atom is -0.356 e. The number of carbonyl (C=O) groups excluding carboxylic acids is 1. The van der Waals surface area contributed by atoms with Crippen molar-refractivity contribution in [3.63, 3.8) is 0 Å². The first-order valence-corrected chi connectivity index (χ1v) is 5.67. The number of piperidine rings is 1. The molecule has 3 nitrogen and oxygen atoms in total. The molecule has 0 aliphatic carbocycles. The molecule has 0 radical (unpaired) electrons. The number of hydrogen-bond acceptors (Lipinski definition) is 2. The highest BCUT2D eigenvalue weighted by Crippen LogP contribution is 2.47. The van der Waals surface area contributed by atoms with Gasteiger partial charge in [-0.1, -0.05) is 0 Å². The molecule has 3 saturated heterocycles. The van der Waals surface area contributed by atoms with E-state index in [1.807, 2.05) is 0 Å². The van der Waals surface area contributed by atoms with Crippen LogP contribution < -0.4 is 5.32 Å². The summed E-state index contributed by atoms with van der Waals surface area (Å²) in [5, 5.41) is 3.01. The summed E-state index contributed by atoms with van der Waals surface area (Å²) in [6.07, 6.45) is 5.94. The van der Waals surface area contributed by atoms with Crippen LogP contribution >= 0.6 is 0 Å². The van der Waals surface area contributed by atoms with Gasteiger partial charge in [-0.3, -0.25) is 4.79 Å². The van der Waals surface area contributed by atoms with E-state index in [1.165, 1.54) is 25.7 Å². The fourth-order valence-electron chi connectivity index (χ4n) is 3.71. The van der Waals surface area contributed by atoms with Crippen LogP contribution in [0.5, 0.6) is 0 Å². The Hall–Kier alpha value is -0.570. The minimum atomic E-state index is 0.272. The van der Waals surface area contributed by atoms with Crippen molar-refractivity contribution in [1.29, 1.82) is 0 Å². The van der Waals surface area contributed by atoms with E-state index in [4.69, 9.17) is 0 Å². The number of rotatable bonds is 0. The Morgan fingerprint density at radius 3 is 2.50 bits per heavy atom. The molecule has 1 N–H and O–H groups in total. The largest absolute Gasteiger partial charge is 0.356 e. The first-order chi connectivity index (χ1) is 6.69. The summed E-state index contributed by atoms with van der Waals surface area (Å²) in [6.45, 7) is 0.937. The average Bonchev–Trinajstić information content (AvgIpc) is 2.58. The maximum atomic E-state index is 11.3. The van der Waals surface area contributed by atoms with Gasteiger partial charge in [-0.05, 0) is 38.1 Å². The smallest absolute Gasteiger partial charge is 0.220 e. The van der Waals surface area contributed by atoms with Crippen molar-refractivity contribution in [2.45, 2.75) is 44.2 Å². The SMILES string of the molecule is CN1C2CCC1CC1(CNC(=O)C1)C2. The van der Waals surface area contributed by atoms with Crippen LogP contribution in [0.1, 0.15) is 32.1 Å². The minimum absolute atomic E-state index is 0.272. The van der Waals surface area contributed by atoms with Crippen LogP contribution in [0.25, 0.3) is 0 Å². The number of hydrogen-bond donors (Lipinski definition) is 1. The molecule has 3 fully saturated rings.